The molecule has 0 saturated heterocycles. The van der Waals surface area contributed by atoms with Crippen molar-refractivity contribution in [2.75, 3.05) is 12.4 Å². The Morgan fingerprint density at radius 2 is 1.85 bits per heavy atom. The van der Waals surface area contributed by atoms with Gasteiger partial charge in [-0.25, -0.2) is 4.79 Å². The Balaban J connectivity index is 1.73. The van der Waals surface area contributed by atoms with Gasteiger partial charge in [-0.05, 0) is 53.1 Å². The number of urea groups is 1. The molecule has 4 N–H and O–H groups in total. The van der Waals surface area contributed by atoms with Gasteiger partial charge in [-0.2, -0.15) is 13.2 Å². The quantitative estimate of drug-likeness (QED) is 0.395. The van der Waals surface area contributed by atoms with Gasteiger partial charge in [0.2, 0.25) is 0 Å². The summed E-state index contributed by atoms with van der Waals surface area (Å²) in [4.78, 5) is 20.3. The molecule has 0 aliphatic carbocycles. The number of rotatable bonds is 6. The molecule has 2 aromatic carbocycles. The number of allylic oxidation sites excluding steroid dienone is 1. The lowest BCUT2D eigenvalue weighted by molar-refractivity contribution is -0.137. The molecule has 1 aromatic heterocycles. The number of carbonyl (C=O) groups excluding carboxylic acids is 1. The minimum Gasteiger partial charge on any atom is -0.398 e. The standard InChI is InChI=1S/C24H21ClF3N5O/c1-30-14-19(16-7-9-31-10-8-16)22(29)17-4-2-3-15(11-17)13-32-23(34)33-18-5-6-21(25)20(12-18)24(26,27)28/h2-12,14H,13,29H2,1H3,(H2,32,33,34). The molecule has 0 atom stereocenters. The van der Waals surface area contributed by atoms with Crippen LogP contribution in [0.3, 0.4) is 0 Å². The summed E-state index contributed by atoms with van der Waals surface area (Å²) < 4.78 is 39.0. The van der Waals surface area contributed by atoms with Crippen LogP contribution in [0.5, 0.6) is 0 Å². The van der Waals surface area contributed by atoms with E-state index in [1.54, 1.807) is 37.8 Å². The van der Waals surface area contributed by atoms with Gasteiger partial charge in [-0.1, -0.05) is 29.8 Å². The van der Waals surface area contributed by atoms with Crippen LogP contribution in [0.1, 0.15) is 22.3 Å². The lowest BCUT2D eigenvalue weighted by atomic mass is 10.00. The zero-order valence-electron chi connectivity index (χ0n) is 18.0. The molecule has 10 heteroatoms. The van der Waals surface area contributed by atoms with Gasteiger partial charge in [-0.3, -0.25) is 9.98 Å². The van der Waals surface area contributed by atoms with Crippen molar-refractivity contribution < 1.29 is 18.0 Å². The Kier molecular flexibility index (Phi) is 7.91. The predicted molar refractivity (Wildman–Crippen MR) is 128 cm³/mol. The lowest BCUT2D eigenvalue weighted by Gasteiger charge is -2.13. The van der Waals surface area contributed by atoms with Crippen molar-refractivity contribution in [1.82, 2.24) is 10.3 Å². The van der Waals surface area contributed by atoms with E-state index in [9.17, 15) is 18.0 Å². The number of alkyl halides is 3. The summed E-state index contributed by atoms with van der Waals surface area (Å²) in [5, 5.41) is 4.55. The Bertz CT molecular complexity index is 1230. The van der Waals surface area contributed by atoms with Gasteiger partial charge >= 0.3 is 12.2 Å². The molecule has 0 radical (unpaired) electrons. The molecule has 0 bridgehead atoms. The van der Waals surface area contributed by atoms with Crippen molar-refractivity contribution in [2.45, 2.75) is 12.7 Å². The van der Waals surface area contributed by atoms with E-state index < -0.39 is 22.8 Å². The molecule has 0 fully saturated rings. The fourth-order valence-corrected chi connectivity index (χ4v) is 3.37. The maximum Gasteiger partial charge on any atom is 0.417 e. The molecule has 34 heavy (non-hydrogen) atoms. The summed E-state index contributed by atoms with van der Waals surface area (Å²) in [5.41, 5.74) is 8.87. The largest absolute Gasteiger partial charge is 0.417 e. The van der Waals surface area contributed by atoms with E-state index in [0.29, 0.717) is 5.70 Å². The Morgan fingerprint density at radius 1 is 1.12 bits per heavy atom. The Hall–Kier alpha value is -3.85. The summed E-state index contributed by atoms with van der Waals surface area (Å²) in [6.07, 6.45) is 0.341. The number of aromatic nitrogens is 1. The van der Waals surface area contributed by atoms with Gasteiger partial charge < -0.3 is 16.4 Å². The van der Waals surface area contributed by atoms with Crippen LogP contribution in [0.15, 0.2) is 72.0 Å². The summed E-state index contributed by atoms with van der Waals surface area (Å²) in [7, 11) is 1.64. The maximum absolute atomic E-state index is 13.0. The zero-order valence-corrected chi connectivity index (χ0v) is 18.8. The normalized spacial score (nSPS) is 12.4. The first-order valence-corrected chi connectivity index (χ1v) is 10.4. The highest BCUT2D eigenvalue weighted by Crippen LogP contribution is 2.36. The first-order valence-electron chi connectivity index (χ1n) is 10.0. The second kappa shape index (κ2) is 10.8. The van der Waals surface area contributed by atoms with Crippen molar-refractivity contribution in [3.8, 4) is 0 Å². The van der Waals surface area contributed by atoms with Crippen molar-refractivity contribution in [1.29, 1.82) is 0 Å². The fraction of sp³-hybridized carbons (Fsp3) is 0.125. The summed E-state index contributed by atoms with van der Waals surface area (Å²) in [6.45, 7) is 0.124. The molecule has 0 aliphatic heterocycles. The second-order valence-electron chi connectivity index (χ2n) is 7.15. The molecule has 1 heterocycles. The molecule has 0 unspecified atom stereocenters. The number of pyridine rings is 1. The molecule has 0 spiro atoms. The highest BCUT2D eigenvalue weighted by molar-refractivity contribution is 6.31. The van der Waals surface area contributed by atoms with E-state index >= 15 is 0 Å². The number of halogens is 4. The third-order valence-electron chi connectivity index (χ3n) is 4.76. The molecule has 2 amide bonds. The topological polar surface area (TPSA) is 92.4 Å². The van der Waals surface area contributed by atoms with E-state index in [0.717, 1.165) is 34.4 Å². The second-order valence-corrected chi connectivity index (χ2v) is 7.56. The van der Waals surface area contributed by atoms with Gasteiger partial charge in [0.25, 0.3) is 0 Å². The van der Waals surface area contributed by atoms with Crippen LogP contribution in [0, 0.1) is 0 Å². The number of nitrogens with one attached hydrogen (secondary N) is 2. The highest BCUT2D eigenvalue weighted by atomic mass is 35.5. The SMILES string of the molecule is CN=CC(=C(N)c1cccc(CNC(=O)Nc2ccc(Cl)c(C(F)(F)F)c2)c1)c1ccncc1. The predicted octanol–water partition coefficient (Wildman–Crippen LogP) is 5.60. The molecule has 0 aliphatic rings. The zero-order chi connectivity index (χ0) is 24.7. The first kappa shape index (κ1) is 24.8. The number of benzene rings is 2. The Morgan fingerprint density at radius 3 is 2.53 bits per heavy atom. The van der Waals surface area contributed by atoms with Crippen LogP contribution in [0.2, 0.25) is 5.02 Å². The summed E-state index contributed by atoms with van der Waals surface area (Å²) in [6, 6.07) is 13.4. The number of hydrogen-bond acceptors (Lipinski definition) is 4. The molecular formula is C24H21ClF3N5O. The summed E-state index contributed by atoms with van der Waals surface area (Å²) >= 11 is 5.61. The van der Waals surface area contributed by atoms with Gasteiger partial charge in [0, 0.05) is 49.2 Å². The third kappa shape index (κ3) is 6.35. The van der Waals surface area contributed by atoms with Gasteiger partial charge in [0.1, 0.15) is 0 Å². The van der Waals surface area contributed by atoms with Crippen molar-refractivity contribution in [3.05, 3.63) is 94.3 Å². The number of carbonyl (C=O) groups is 1. The van der Waals surface area contributed by atoms with Gasteiger partial charge in [0.05, 0.1) is 10.6 Å². The minimum atomic E-state index is -4.63. The molecule has 176 valence electrons. The van der Waals surface area contributed by atoms with Crippen LogP contribution >= 0.6 is 11.6 Å². The van der Waals surface area contributed by atoms with Crippen molar-refractivity contribution in [3.63, 3.8) is 0 Å². The maximum atomic E-state index is 13.0. The van der Waals surface area contributed by atoms with Crippen molar-refractivity contribution in [2.24, 2.45) is 10.7 Å². The monoisotopic (exact) mass is 487 g/mol. The number of hydrogen-bond donors (Lipinski definition) is 3. The van der Waals surface area contributed by atoms with Crippen LogP contribution < -0.4 is 16.4 Å². The van der Waals surface area contributed by atoms with Crippen LogP contribution in [0.4, 0.5) is 23.7 Å². The molecule has 0 saturated carbocycles. The molecule has 6 nitrogen and oxygen atoms in total. The Labute approximate surface area is 199 Å². The minimum absolute atomic E-state index is 0.0315. The number of amides is 2. The van der Waals surface area contributed by atoms with Gasteiger partial charge in [0.15, 0.2) is 0 Å². The van der Waals surface area contributed by atoms with E-state index in [4.69, 9.17) is 17.3 Å². The van der Waals surface area contributed by atoms with Gasteiger partial charge in [-0.15, -0.1) is 0 Å². The fourth-order valence-electron chi connectivity index (χ4n) is 3.14. The van der Waals surface area contributed by atoms with Crippen LogP contribution in [-0.2, 0) is 12.7 Å². The van der Waals surface area contributed by atoms with E-state index in [-0.39, 0.29) is 12.2 Å². The number of anilines is 1. The third-order valence-corrected chi connectivity index (χ3v) is 5.09. The smallest absolute Gasteiger partial charge is 0.398 e. The summed E-state index contributed by atoms with van der Waals surface area (Å²) in [5.74, 6) is 0. The van der Waals surface area contributed by atoms with Crippen LogP contribution in [-0.4, -0.2) is 24.3 Å². The van der Waals surface area contributed by atoms with E-state index in [2.05, 4.69) is 20.6 Å². The average Bonchev–Trinajstić information content (AvgIpc) is 2.82. The van der Waals surface area contributed by atoms with E-state index in [1.165, 1.54) is 6.07 Å². The molecular weight excluding hydrogens is 467 g/mol. The molecule has 3 aromatic rings. The van der Waals surface area contributed by atoms with Crippen molar-refractivity contribution >= 4 is 40.8 Å². The average molecular weight is 488 g/mol. The number of nitrogens with two attached hydrogens (primary N) is 1. The van der Waals surface area contributed by atoms with E-state index in [1.807, 2.05) is 24.3 Å². The highest BCUT2D eigenvalue weighted by Gasteiger charge is 2.33. The number of aliphatic imine (C=N–C) groups is 1. The van der Waals surface area contributed by atoms with Crippen LogP contribution in [0.25, 0.3) is 11.3 Å². The first-order chi connectivity index (χ1) is 16.2. The number of nitrogens with zero attached hydrogens (tertiary/aromatic N) is 2. The lowest BCUT2D eigenvalue weighted by Crippen LogP contribution is -2.28. The molecule has 3 rings (SSSR count).